The van der Waals surface area contributed by atoms with E-state index in [0.717, 1.165) is 12.5 Å². The van der Waals surface area contributed by atoms with E-state index in [0.29, 0.717) is 18.1 Å². The Hall–Kier alpha value is -0.0800. The monoisotopic (exact) mass is 240 g/mol. The van der Waals surface area contributed by atoms with Crippen molar-refractivity contribution in [2.45, 2.75) is 78.4 Å². The molecule has 1 fully saturated rings. The fraction of sp³-hybridized carbons (Fsp3) is 1.00. The lowest BCUT2D eigenvalue weighted by Gasteiger charge is -2.38. The summed E-state index contributed by atoms with van der Waals surface area (Å²) in [4.78, 5) is 2.70. The van der Waals surface area contributed by atoms with Crippen LogP contribution in [0.25, 0.3) is 0 Å². The highest BCUT2D eigenvalue weighted by Gasteiger charge is 2.30. The minimum Gasteiger partial charge on any atom is -0.312 e. The van der Waals surface area contributed by atoms with E-state index >= 15 is 0 Å². The van der Waals surface area contributed by atoms with Crippen molar-refractivity contribution < 1.29 is 0 Å². The fourth-order valence-corrected chi connectivity index (χ4v) is 2.66. The van der Waals surface area contributed by atoms with Crippen LogP contribution in [0.15, 0.2) is 0 Å². The molecule has 1 N–H and O–H groups in total. The molecule has 0 heterocycles. The van der Waals surface area contributed by atoms with Gasteiger partial charge in [0.1, 0.15) is 0 Å². The van der Waals surface area contributed by atoms with Gasteiger partial charge in [0.05, 0.1) is 0 Å². The SMILES string of the molecule is CCCNC(CC)C(C)N(CC1CC1)C(C)C. The molecule has 1 aliphatic rings. The number of hydrogen-bond acceptors (Lipinski definition) is 2. The van der Waals surface area contributed by atoms with Gasteiger partial charge in [0.25, 0.3) is 0 Å². The maximum absolute atomic E-state index is 3.71. The first-order chi connectivity index (χ1) is 8.10. The van der Waals surface area contributed by atoms with Crippen molar-refractivity contribution in [2.24, 2.45) is 5.92 Å². The normalized spacial score (nSPS) is 19.9. The molecule has 0 aromatic carbocycles. The van der Waals surface area contributed by atoms with Gasteiger partial charge in [0, 0.05) is 24.7 Å². The molecule has 0 bridgehead atoms. The summed E-state index contributed by atoms with van der Waals surface area (Å²) in [5, 5.41) is 3.71. The maximum Gasteiger partial charge on any atom is 0.0223 e. The third-order valence-corrected chi connectivity index (χ3v) is 4.03. The van der Waals surface area contributed by atoms with Crippen molar-refractivity contribution in [2.75, 3.05) is 13.1 Å². The van der Waals surface area contributed by atoms with E-state index in [1.54, 1.807) is 0 Å². The minimum atomic E-state index is 0.649. The van der Waals surface area contributed by atoms with Crippen molar-refractivity contribution in [3.63, 3.8) is 0 Å². The summed E-state index contributed by atoms with van der Waals surface area (Å²) in [5.41, 5.74) is 0. The number of hydrogen-bond donors (Lipinski definition) is 1. The highest BCUT2D eigenvalue weighted by molar-refractivity contribution is 4.86. The Kier molecular flexibility index (Phi) is 6.50. The molecule has 0 aromatic heterocycles. The molecule has 1 saturated carbocycles. The van der Waals surface area contributed by atoms with Crippen molar-refractivity contribution in [3.8, 4) is 0 Å². The molecule has 1 rings (SSSR count). The third-order valence-electron chi connectivity index (χ3n) is 4.03. The summed E-state index contributed by atoms with van der Waals surface area (Å²) in [6.45, 7) is 14.1. The molecule has 0 aliphatic heterocycles. The number of nitrogens with one attached hydrogen (secondary N) is 1. The van der Waals surface area contributed by atoms with Gasteiger partial charge in [0.15, 0.2) is 0 Å². The van der Waals surface area contributed by atoms with Gasteiger partial charge in [0.2, 0.25) is 0 Å². The predicted octanol–water partition coefficient (Wildman–Crippen LogP) is 3.27. The van der Waals surface area contributed by atoms with Crippen LogP contribution in [-0.4, -0.2) is 36.1 Å². The second-order valence-corrected chi connectivity index (χ2v) is 5.94. The van der Waals surface area contributed by atoms with Crippen LogP contribution in [-0.2, 0) is 0 Å². The molecule has 2 unspecified atom stereocenters. The summed E-state index contributed by atoms with van der Waals surface area (Å²) in [6.07, 6.45) is 5.37. The average molecular weight is 240 g/mol. The topological polar surface area (TPSA) is 15.3 Å². The molecule has 0 spiro atoms. The maximum atomic E-state index is 3.71. The van der Waals surface area contributed by atoms with E-state index in [-0.39, 0.29) is 0 Å². The van der Waals surface area contributed by atoms with Crippen LogP contribution in [0, 0.1) is 5.92 Å². The van der Waals surface area contributed by atoms with E-state index in [2.05, 4.69) is 44.8 Å². The van der Waals surface area contributed by atoms with Gasteiger partial charge < -0.3 is 5.32 Å². The van der Waals surface area contributed by atoms with Gasteiger partial charge in [-0.2, -0.15) is 0 Å². The first-order valence-corrected chi connectivity index (χ1v) is 7.59. The zero-order valence-electron chi connectivity index (χ0n) is 12.5. The van der Waals surface area contributed by atoms with Gasteiger partial charge in [-0.1, -0.05) is 13.8 Å². The smallest absolute Gasteiger partial charge is 0.0223 e. The van der Waals surface area contributed by atoms with Crippen LogP contribution in [0.4, 0.5) is 0 Å². The minimum absolute atomic E-state index is 0.649. The highest BCUT2D eigenvalue weighted by Crippen LogP contribution is 2.31. The molecule has 102 valence electrons. The van der Waals surface area contributed by atoms with Crippen LogP contribution in [0.1, 0.15) is 60.3 Å². The number of rotatable bonds is 9. The average Bonchev–Trinajstić information content (AvgIpc) is 3.10. The quantitative estimate of drug-likeness (QED) is 0.665. The van der Waals surface area contributed by atoms with Gasteiger partial charge in [-0.15, -0.1) is 0 Å². The number of nitrogens with zero attached hydrogens (tertiary/aromatic N) is 1. The Bertz CT molecular complexity index is 199. The Morgan fingerprint density at radius 3 is 2.24 bits per heavy atom. The summed E-state index contributed by atoms with van der Waals surface area (Å²) in [5.74, 6) is 0.989. The summed E-state index contributed by atoms with van der Waals surface area (Å²) in [6, 6.07) is 1.98. The van der Waals surface area contributed by atoms with Gasteiger partial charge in [-0.3, -0.25) is 4.90 Å². The van der Waals surface area contributed by atoms with Crippen molar-refractivity contribution in [3.05, 3.63) is 0 Å². The van der Waals surface area contributed by atoms with Crippen molar-refractivity contribution >= 4 is 0 Å². The zero-order valence-corrected chi connectivity index (χ0v) is 12.5. The molecule has 17 heavy (non-hydrogen) atoms. The van der Waals surface area contributed by atoms with Crippen LogP contribution < -0.4 is 5.32 Å². The predicted molar refractivity (Wildman–Crippen MR) is 76.4 cm³/mol. The molecule has 0 saturated heterocycles. The molecular formula is C15H32N2. The van der Waals surface area contributed by atoms with Crippen molar-refractivity contribution in [1.82, 2.24) is 10.2 Å². The summed E-state index contributed by atoms with van der Waals surface area (Å²) >= 11 is 0. The van der Waals surface area contributed by atoms with E-state index in [9.17, 15) is 0 Å². The Morgan fingerprint density at radius 1 is 1.18 bits per heavy atom. The van der Waals surface area contributed by atoms with Gasteiger partial charge >= 0.3 is 0 Å². The Balaban J connectivity index is 2.49. The second-order valence-electron chi connectivity index (χ2n) is 5.94. The molecule has 0 radical (unpaired) electrons. The zero-order chi connectivity index (χ0) is 12.8. The van der Waals surface area contributed by atoms with E-state index in [1.165, 1.54) is 32.2 Å². The summed E-state index contributed by atoms with van der Waals surface area (Å²) in [7, 11) is 0. The van der Waals surface area contributed by atoms with Crippen LogP contribution in [0.3, 0.4) is 0 Å². The molecule has 2 atom stereocenters. The van der Waals surface area contributed by atoms with Crippen molar-refractivity contribution in [1.29, 1.82) is 0 Å². The van der Waals surface area contributed by atoms with E-state index < -0.39 is 0 Å². The Labute approximate surface area is 108 Å². The highest BCUT2D eigenvalue weighted by atomic mass is 15.2. The van der Waals surface area contributed by atoms with E-state index in [1.807, 2.05) is 0 Å². The van der Waals surface area contributed by atoms with Crippen LogP contribution in [0.2, 0.25) is 0 Å². The Morgan fingerprint density at radius 2 is 1.82 bits per heavy atom. The lowest BCUT2D eigenvalue weighted by atomic mass is 10.0. The van der Waals surface area contributed by atoms with Gasteiger partial charge in [-0.05, 0) is 58.9 Å². The largest absolute Gasteiger partial charge is 0.312 e. The van der Waals surface area contributed by atoms with E-state index in [4.69, 9.17) is 0 Å². The second kappa shape index (κ2) is 7.38. The molecule has 2 nitrogen and oxygen atoms in total. The lowest BCUT2D eigenvalue weighted by molar-refractivity contribution is 0.123. The summed E-state index contributed by atoms with van der Waals surface area (Å²) < 4.78 is 0. The van der Waals surface area contributed by atoms with Gasteiger partial charge in [-0.25, -0.2) is 0 Å². The molecule has 0 aromatic rings. The molecule has 1 aliphatic carbocycles. The first-order valence-electron chi connectivity index (χ1n) is 7.59. The molecular weight excluding hydrogens is 208 g/mol. The van der Waals surface area contributed by atoms with Crippen LogP contribution in [0.5, 0.6) is 0 Å². The molecule has 0 amide bonds. The van der Waals surface area contributed by atoms with Crippen LogP contribution >= 0.6 is 0 Å². The third kappa shape index (κ3) is 4.97. The first kappa shape index (κ1) is 15.0. The molecule has 2 heteroatoms. The standard InChI is InChI=1S/C15H32N2/c1-6-10-16-15(7-2)13(5)17(12(3)4)11-14-8-9-14/h12-16H,6-11H2,1-5H3. The lowest BCUT2D eigenvalue weighted by Crippen LogP contribution is -2.51. The fourth-order valence-electron chi connectivity index (χ4n) is 2.66.